The Labute approximate surface area is 177 Å². The average molecular weight is 405 g/mol. The highest BCUT2D eigenvalue weighted by Crippen LogP contribution is 2.22. The molecule has 0 bridgehead atoms. The second-order valence-corrected chi connectivity index (χ2v) is 8.56. The van der Waals surface area contributed by atoms with Gasteiger partial charge in [-0.05, 0) is 75.8 Å². The summed E-state index contributed by atoms with van der Waals surface area (Å²) in [6, 6.07) is 7.63. The first kappa shape index (κ1) is 23.7. The van der Waals surface area contributed by atoms with E-state index in [2.05, 4.69) is 31.0 Å². The largest absolute Gasteiger partial charge is 0.494 e. The normalized spacial score (nSPS) is 19.5. The molecule has 29 heavy (non-hydrogen) atoms. The first-order chi connectivity index (χ1) is 14.0. The number of nitrogens with zero attached hydrogens (tertiary/aromatic N) is 1. The molecule has 1 amide bonds. The summed E-state index contributed by atoms with van der Waals surface area (Å²) in [5, 5.41) is 2.99. The number of rotatable bonds is 12. The van der Waals surface area contributed by atoms with Crippen LogP contribution >= 0.6 is 0 Å². The van der Waals surface area contributed by atoms with E-state index in [9.17, 15) is 4.79 Å². The summed E-state index contributed by atoms with van der Waals surface area (Å²) in [6.45, 7) is 13.2. The number of amides is 1. The van der Waals surface area contributed by atoms with Gasteiger partial charge in [-0.1, -0.05) is 27.2 Å². The number of hydrogen-bond donors (Lipinski definition) is 1. The predicted molar refractivity (Wildman–Crippen MR) is 120 cm³/mol. The second kappa shape index (κ2) is 12.2. The molecule has 164 valence electrons. The maximum absolute atomic E-state index is 12.7. The van der Waals surface area contributed by atoms with Gasteiger partial charge in [0.05, 0.1) is 6.61 Å². The van der Waals surface area contributed by atoms with Crippen LogP contribution in [0.3, 0.4) is 0 Å². The van der Waals surface area contributed by atoms with E-state index in [0.29, 0.717) is 13.0 Å². The van der Waals surface area contributed by atoms with E-state index < -0.39 is 5.60 Å². The first-order valence-electron chi connectivity index (χ1n) is 11.4. The van der Waals surface area contributed by atoms with Crippen LogP contribution in [0.25, 0.3) is 0 Å². The van der Waals surface area contributed by atoms with Gasteiger partial charge in [-0.3, -0.25) is 4.79 Å². The lowest BCUT2D eigenvalue weighted by Gasteiger charge is -2.30. The van der Waals surface area contributed by atoms with Crippen molar-refractivity contribution in [3.05, 3.63) is 24.3 Å². The van der Waals surface area contributed by atoms with Crippen molar-refractivity contribution in [2.45, 2.75) is 71.8 Å². The molecular formula is C24H40N2O3. The van der Waals surface area contributed by atoms with E-state index in [4.69, 9.17) is 9.47 Å². The molecule has 5 nitrogen and oxygen atoms in total. The molecule has 0 radical (unpaired) electrons. The van der Waals surface area contributed by atoms with Crippen molar-refractivity contribution in [1.29, 1.82) is 0 Å². The van der Waals surface area contributed by atoms with Crippen molar-refractivity contribution in [2.75, 3.05) is 38.2 Å². The van der Waals surface area contributed by atoms with Crippen LogP contribution in [-0.4, -0.2) is 49.3 Å². The van der Waals surface area contributed by atoms with Crippen molar-refractivity contribution in [3.63, 3.8) is 0 Å². The number of carbonyl (C=O) groups excluding carboxylic acids is 1. The number of anilines is 1. The molecule has 1 aliphatic heterocycles. The highest BCUT2D eigenvalue weighted by Gasteiger charge is 2.33. The molecule has 1 fully saturated rings. The fourth-order valence-corrected chi connectivity index (χ4v) is 3.92. The maximum Gasteiger partial charge on any atom is 0.256 e. The Morgan fingerprint density at radius 2 is 1.97 bits per heavy atom. The molecule has 1 aromatic rings. The van der Waals surface area contributed by atoms with Gasteiger partial charge in [-0.25, -0.2) is 0 Å². The molecule has 1 aliphatic rings. The van der Waals surface area contributed by atoms with Crippen LogP contribution in [0.2, 0.25) is 0 Å². The number of hydrogen-bond acceptors (Lipinski definition) is 4. The van der Waals surface area contributed by atoms with Crippen molar-refractivity contribution in [3.8, 4) is 5.75 Å². The number of nitrogens with one attached hydrogen (secondary N) is 1. The summed E-state index contributed by atoms with van der Waals surface area (Å²) < 4.78 is 11.7. The Bertz CT molecular complexity index is 605. The van der Waals surface area contributed by atoms with Crippen LogP contribution in [0, 0.1) is 5.92 Å². The van der Waals surface area contributed by atoms with Crippen molar-refractivity contribution in [2.24, 2.45) is 5.92 Å². The lowest BCUT2D eigenvalue weighted by molar-refractivity contribution is -0.140. The third kappa shape index (κ3) is 7.98. The van der Waals surface area contributed by atoms with Crippen molar-refractivity contribution >= 4 is 11.6 Å². The van der Waals surface area contributed by atoms with Crippen molar-refractivity contribution < 1.29 is 14.3 Å². The van der Waals surface area contributed by atoms with Gasteiger partial charge < -0.3 is 19.7 Å². The van der Waals surface area contributed by atoms with Gasteiger partial charge in [0.25, 0.3) is 5.91 Å². The molecule has 0 aliphatic carbocycles. The van der Waals surface area contributed by atoms with Crippen LogP contribution in [0.4, 0.5) is 5.69 Å². The fraction of sp³-hybridized carbons (Fsp3) is 0.708. The minimum atomic E-state index is -0.786. The number of benzene rings is 1. The monoisotopic (exact) mass is 404 g/mol. The molecule has 0 unspecified atom stereocenters. The lowest BCUT2D eigenvalue weighted by Crippen LogP contribution is -2.43. The van der Waals surface area contributed by atoms with Crippen LogP contribution in [0.1, 0.15) is 66.2 Å². The zero-order valence-corrected chi connectivity index (χ0v) is 18.8. The standard InChI is InChI=1S/C24H40N2O3/c1-5-14-24(4,29-17-6-2)23(27)25-21-10-12-22(13-11-21)28-18-8-16-26-15-7-9-20(3)19-26/h10-13,20H,5-9,14-19H2,1-4H3,(H,25,27)/t20-,24-/m1/s1. The Balaban J connectivity index is 1.76. The molecule has 1 N–H and O–H groups in total. The quantitative estimate of drug-likeness (QED) is 0.492. The highest BCUT2D eigenvalue weighted by molar-refractivity contribution is 5.97. The first-order valence-corrected chi connectivity index (χ1v) is 11.4. The minimum Gasteiger partial charge on any atom is -0.494 e. The number of likely N-dealkylation sites (tertiary alicyclic amines) is 1. The van der Waals surface area contributed by atoms with E-state index in [-0.39, 0.29) is 5.91 Å². The maximum atomic E-state index is 12.7. The van der Waals surface area contributed by atoms with Gasteiger partial charge in [0, 0.05) is 25.4 Å². The Kier molecular flexibility index (Phi) is 9.95. The van der Waals surface area contributed by atoms with Gasteiger partial charge in [-0.15, -0.1) is 0 Å². The van der Waals surface area contributed by atoms with Gasteiger partial charge in [0.1, 0.15) is 11.4 Å². The second-order valence-electron chi connectivity index (χ2n) is 8.56. The zero-order chi connectivity index (χ0) is 21.1. The van der Waals surface area contributed by atoms with Gasteiger partial charge >= 0.3 is 0 Å². The highest BCUT2D eigenvalue weighted by atomic mass is 16.5. The fourth-order valence-electron chi connectivity index (χ4n) is 3.92. The smallest absolute Gasteiger partial charge is 0.256 e. The third-order valence-electron chi connectivity index (χ3n) is 5.57. The summed E-state index contributed by atoms with van der Waals surface area (Å²) in [5.74, 6) is 1.57. The van der Waals surface area contributed by atoms with Crippen LogP contribution in [0.15, 0.2) is 24.3 Å². The molecule has 5 heteroatoms. The van der Waals surface area contributed by atoms with Gasteiger partial charge in [0.15, 0.2) is 0 Å². The predicted octanol–water partition coefficient (Wildman–Crippen LogP) is 5.11. The summed E-state index contributed by atoms with van der Waals surface area (Å²) in [5.41, 5.74) is -0.0154. The third-order valence-corrected chi connectivity index (χ3v) is 5.57. The summed E-state index contributed by atoms with van der Waals surface area (Å²) >= 11 is 0. The molecule has 0 spiro atoms. The number of piperidine rings is 1. The molecule has 1 heterocycles. The Morgan fingerprint density at radius 3 is 2.62 bits per heavy atom. The summed E-state index contributed by atoms with van der Waals surface area (Å²) in [4.78, 5) is 15.3. The number of carbonyl (C=O) groups is 1. The molecule has 2 rings (SSSR count). The topological polar surface area (TPSA) is 50.8 Å². The average Bonchev–Trinajstić information content (AvgIpc) is 2.71. The SMILES string of the molecule is CCCO[C@](C)(CCC)C(=O)Nc1ccc(OCCCN2CCC[C@@H](C)C2)cc1. The van der Waals surface area contributed by atoms with Crippen LogP contribution in [0.5, 0.6) is 5.75 Å². The Hall–Kier alpha value is -1.59. The minimum absolute atomic E-state index is 0.0859. The van der Waals surface area contributed by atoms with E-state index in [1.807, 2.05) is 31.2 Å². The van der Waals surface area contributed by atoms with Crippen LogP contribution < -0.4 is 10.1 Å². The molecule has 1 aromatic carbocycles. The zero-order valence-electron chi connectivity index (χ0n) is 18.8. The molecule has 1 saturated heterocycles. The summed E-state index contributed by atoms with van der Waals surface area (Å²) in [7, 11) is 0. The van der Waals surface area contributed by atoms with E-state index in [0.717, 1.165) is 49.8 Å². The van der Waals surface area contributed by atoms with Gasteiger partial charge in [-0.2, -0.15) is 0 Å². The Morgan fingerprint density at radius 1 is 1.21 bits per heavy atom. The van der Waals surface area contributed by atoms with Crippen LogP contribution in [-0.2, 0) is 9.53 Å². The molecular weight excluding hydrogens is 364 g/mol. The summed E-state index contributed by atoms with van der Waals surface area (Å²) in [6.07, 6.45) is 6.21. The molecule has 0 aromatic heterocycles. The van der Waals surface area contributed by atoms with E-state index in [1.165, 1.54) is 25.9 Å². The lowest BCUT2D eigenvalue weighted by atomic mass is 9.99. The van der Waals surface area contributed by atoms with Crippen molar-refractivity contribution in [1.82, 2.24) is 4.90 Å². The van der Waals surface area contributed by atoms with Gasteiger partial charge in [0.2, 0.25) is 0 Å². The number of ether oxygens (including phenoxy) is 2. The van der Waals surface area contributed by atoms with E-state index >= 15 is 0 Å². The van der Waals surface area contributed by atoms with E-state index in [1.54, 1.807) is 0 Å². The molecule has 0 saturated carbocycles. The molecule has 2 atom stereocenters.